The van der Waals surface area contributed by atoms with Gasteiger partial charge < -0.3 is 29.7 Å². The number of piperazine rings is 1. The summed E-state index contributed by atoms with van der Waals surface area (Å²) in [4.78, 5) is 37.8. The van der Waals surface area contributed by atoms with Gasteiger partial charge in [0.05, 0.1) is 23.5 Å². The third kappa shape index (κ3) is 5.37. The van der Waals surface area contributed by atoms with E-state index in [4.69, 9.17) is 0 Å². The molecule has 0 atom stereocenters. The van der Waals surface area contributed by atoms with E-state index in [0.29, 0.717) is 33.4 Å². The monoisotopic (exact) mass is 592 g/mol. The molecule has 0 saturated carbocycles. The maximum atomic E-state index is 13.5. The Morgan fingerprint density at radius 3 is 2.39 bits per heavy atom. The lowest BCUT2D eigenvalue weighted by Gasteiger charge is -2.33. The Morgan fingerprint density at radius 2 is 1.68 bits per heavy atom. The first-order valence-corrected chi connectivity index (χ1v) is 14.5. The number of likely N-dealkylation sites (N-methyl/N-ethyl adjacent to an activating group) is 1. The molecule has 44 heavy (non-hydrogen) atoms. The van der Waals surface area contributed by atoms with Crippen LogP contribution in [0.25, 0.3) is 27.6 Å². The molecule has 0 amide bonds. The minimum Gasteiger partial charge on any atom is -0.505 e. The number of benzene rings is 2. The Balaban J connectivity index is 1.35. The topological polar surface area (TPSA) is 112 Å². The van der Waals surface area contributed by atoms with Gasteiger partial charge in [-0.05, 0) is 62.0 Å². The number of aryl methyl sites for hydroxylation is 2. The highest BCUT2D eigenvalue weighted by Crippen LogP contribution is 2.37. The first kappa shape index (κ1) is 28.9. The summed E-state index contributed by atoms with van der Waals surface area (Å²) in [7, 11) is 7.65. The number of aromatic hydroxyl groups is 1. The van der Waals surface area contributed by atoms with E-state index < -0.39 is 0 Å². The lowest BCUT2D eigenvalue weighted by Crippen LogP contribution is -2.44. The van der Waals surface area contributed by atoms with E-state index in [2.05, 4.69) is 32.2 Å². The van der Waals surface area contributed by atoms with E-state index in [1.165, 1.54) is 9.25 Å². The van der Waals surface area contributed by atoms with Crippen LogP contribution in [0, 0.1) is 6.92 Å². The van der Waals surface area contributed by atoms with Crippen LogP contribution in [-0.2, 0) is 7.05 Å². The van der Waals surface area contributed by atoms with Gasteiger partial charge in [-0.2, -0.15) is 9.78 Å². The fourth-order valence-corrected chi connectivity index (χ4v) is 5.59. The van der Waals surface area contributed by atoms with Gasteiger partial charge in [-0.15, -0.1) is 0 Å². The van der Waals surface area contributed by atoms with E-state index in [-0.39, 0.29) is 22.6 Å². The molecule has 4 heterocycles. The first-order valence-electron chi connectivity index (χ1n) is 14.5. The second-order valence-corrected chi connectivity index (χ2v) is 11.5. The van der Waals surface area contributed by atoms with E-state index in [1.54, 1.807) is 37.6 Å². The van der Waals surface area contributed by atoms with Crippen molar-refractivity contribution in [1.29, 1.82) is 0 Å². The molecule has 2 N–H and O–H groups in total. The molecule has 6 rings (SSSR count). The molecular formula is C33H36N8O3. The predicted octanol–water partition coefficient (Wildman–Crippen LogP) is 3.72. The van der Waals surface area contributed by atoms with Crippen LogP contribution in [-0.4, -0.2) is 76.7 Å². The van der Waals surface area contributed by atoms with Crippen LogP contribution in [0.1, 0.15) is 5.56 Å². The highest BCUT2D eigenvalue weighted by atomic mass is 16.3. The van der Waals surface area contributed by atoms with Gasteiger partial charge in [0.25, 0.3) is 11.1 Å². The number of phenols is 1. The number of hydrogen-bond acceptors (Lipinski definition) is 9. The van der Waals surface area contributed by atoms with Crippen LogP contribution in [0.3, 0.4) is 0 Å². The van der Waals surface area contributed by atoms with Crippen LogP contribution in [0.2, 0.25) is 0 Å². The quantitative estimate of drug-likeness (QED) is 0.305. The number of nitrogens with zero attached hydrogens (tertiary/aromatic N) is 7. The minimum absolute atomic E-state index is 0.108. The number of fused-ring (bicyclic) bond motifs is 1. The summed E-state index contributed by atoms with van der Waals surface area (Å²) in [5.74, 6) is 0.430. The van der Waals surface area contributed by atoms with Crippen LogP contribution < -0.4 is 26.2 Å². The highest BCUT2D eigenvalue weighted by Gasteiger charge is 2.19. The Kier molecular flexibility index (Phi) is 7.56. The number of nitrogens with one attached hydrogen (secondary N) is 1. The fraction of sp³-hybridized carbons (Fsp3) is 0.273. The molecule has 1 aliphatic rings. The Labute approximate surface area is 255 Å². The van der Waals surface area contributed by atoms with Gasteiger partial charge in [0.15, 0.2) is 0 Å². The van der Waals surface area contributed by atoms with Crippen LogP contribution in [0.15, 0.2) is 76.7 Å². The minimum atomic E-state index is -0.341. The summed E-state index contributed by atoms with van der Waals surface area (Å²) >= 11 is 0. The Hall–Kier alpha value is -5.16. The number of hydrogen-bond donors (Lipinski definition) is 2. The van der Waals surface area contributed by atoms with Gasteiger partial charge >= 0.3 is 0 Å². The summed E-state index contributed by atoms with van der Waals surface area (Å²) < 4.78 is 2.67. The van der Waals surface area contributed by atoms with Gasteiger partial charge in [-0.1, -0.05) is 6.07 Å². The number of rotatable bonds is 6. The van der Waals surface area contributed by atoms with Crippen LogP contribution in [0.4, 0.5) is 22.9 Å². The Bertz CT molecular complexity index is 1970. The van der Waals surface area contributed by atoms with E-state index >= 15 is 0 Å². The largest absolute Gasteiger partial charge is 0.505 e. The zero-order chi connectivity index (χ0) is 31.1. The van der Waals surface area contributed by atoms with E-state index in [1.807, 2.05) is 62.4 Å². The zero-order valence-electron chi connectivity index (χ0n) is 25.6. The van der Waals surface area contributed by atoms with Crippen molar-refractivity contribution in [3.05, 3.63) is 93.4 Å². The second-order valence-electron chi connectivity index (χ2n) is 11.5. The average molecular weight is 593 g/mol. The van der Waals surface area contributed by atoms with Crippen molar-refractivity contribution >= 4 is 33.7 Å². The lowest BCUT2D eigenvalue weighted by atomic mass is 9.99. The molecule has 11 heteroatoms. The van der Waals surface area contributed by atoms with Crippen molar-refractivity contribution < 1.29 is 5.11 Å². The maximum Gasteiger partial charge on any atom is 0.279 e. The molecule has 1 fully saturated rings. The number of pyridine rings is 2. The highest BCUT2D eigenvalue weighted by molar-refractivity contribution is 5.85. The smallest absolute Gasteiger partial charge is 0.279 e. The van der Waals surface area contributed by atoms with Crippen molar-refractivity contribution in [2.75, 3.05) is 62.4 Å². The molecule has 1 saturated heterocycles. The number of phenolic OH excluding ortho intramolecular Hbond substituents is 1. The standard InChI is InChI=1S/C33H36N8O3/c1-21-6-10-28(41-32(43)26-9-7-24(37(2)3)16-22(26)18-35-41)31(42)30(21)23-17-27(33(44)39(5)20-23)36-29-11-8-25(19-34-29)40-14-12-38(4)13-15-40/h6-11,16-20,42H,12-15H2,1-5H3,(H,34,36). The molecule has 226 valence electrons. The summed E-state index contributed by atoms with van der Waals surface area (Å²) in [5, 5.41) is 20.3. The summed E-state index contributed by atoms with van der Waals surface area (Å²) in [5.41, 5.74) is 3.85. The molecule has 0 unspecified atom stereocenters. The van der Waals surface area contributed by atoms with Gasteiger partial charge in [-0.3, -0.25) is 9.59 Å². The van der Waals surface area contributed by atoms with Gasteiger partial charge in [0.1, 0.15) is 22.9 Å². The first-order chi connectivity index (χ1) is 21.1. The number of aromatic nitrogens is 4. The molecule has 0 spiro atoms. The van der Waals surface area contributed by atoms with Crippen LogP contribution >= 0.6 is 0 Å². The normalized spacial score (nSPS) is 13.8. The molecule has 0 aliphatic carbocycles. The van der Waals surface area contributed by atoms with E-state index in [0.717, 1.165) is 43.1 Å². The van der Waals surface area contributed by atoms with Crippen molar-refractivity contribution in [2.24, 2.45) is 7.05 Å². The fourth-order valence-electron chi connectivity index (χ4n) is 5.59. The zero-order valence-corrected chi connectivity index (χ0v) is 25.6. The molecule has 5 aromatic rings. The predicted molar refractivity (Wildman–Crippen MR) is 176 cm³/mol. The summed E-state index contributed by atoms with van der Waals surface area (Å²) in [6.07, 6.45) is 5.11. The summed E-state index contributed by atoms with van der Waals surface area (Å²) in [6.45, 7) is 5.75. The third-order valence-corrected chi connectivity index (χ3v) is 8.23. The van der Waals surface area contributed by atoms with Gasteiger partial charge in [0.2, 0.25) is 0 Å². The molecule has 3 aromatic heterocycles. The lowest BCUT2D eigenvalue weighted by molar-refractivity contribution is 0.313. The average Bonchev–Trinajstić information content (AvgIpc) is 3.01. The SMILES string of the molecule is Cc1ccc(-n2ncc3cc(N(C)C)ccc3c2=O)c(O)c1-c1cc(Nc2ccc(N3CCN(C)CC3)cn2)c(=O)n(C)c1. The molecule has 2 aromatic carbocycles. The maximum absolute atomic E-state index is 13.5. The molecule has 0 radical (unpaired) electrons. The van der Waals surface area contributed by atoms with Crippen molar-refractivity contribution in [2.45, 2.75) is 6.92 Å². The molecule has 11 nitrogen and oxygen atoms in total. The van der Waals surface area contributed by atoms with Gasteiger partial charge in [0, 0.05) is 75.7 Å². The number of anilines is 4. The third-order valence-electron chi connectivity index (χ3n) is 8.23. The van der Waals surface area contributed by atoms with Crippen molar-refractivity contribution in [3.8, 4) is 22.6 Å². The summed E-state index contributed by atoms with van der Waals surface area (Å²) in [6, 6.07) is 14.6. The van der Waals surface area contributed by atoms with Gasteiger partial charge in [-0.25, -0.2) is 4.98 Å². The van der Waals surface area contributed by atoms with Crippen LogP contribution in [0.5, 0.6) is 5.75 Å². The molecular weight excluding hydrogens is 556 g/mol. The molecule has 1 aliphatic heterocycles. The molecule has 0 bridgehead atoms. The van der Waals surface area contributed by atoms with Crippen molar-refractivity contribution in [3.63, 3.8) is 0 Å². The Morgan fingerprint density at radius 1 is 0.909 bits per heavy atom. The van der Waals surface area contributed by atoms with E-state index in [9.17, 15) is 14.7 Å². The van der Waals surface area contributed by atoms with Crippen molar-refractivity contribution in [1.82, 2.24) is 24.2 Å². The second kappa shape index (κ2) is 11.5.